The highest BCUT2D eigenvalue weighted by Crippen LogP contribution is 2.34. The third-order valence-electron chi connectivity index (χ3n) is 2.69. The van der Waals surface area contributed by atoms with Crippen molar-refractivity contribution in [1.82, 2.24) is 4.90 Å². The highest BCUT2D eigenvalue weighted by Gasteiger charge is 2.16. The Morgan fingerprint density at radius 3 is 2.69 bits per heavy atom. The minimum absolute atomic E-state index is 0.397. The maximum absolute atomic E-state index is 10.2. The predicted octanol–water partition coefficient (Wildman–Crippen LogP) is 2.80. The minimum Gasteiger partial charge on any atom is -0.387 e. The van der Waals surface area contributed by atoms with Gasteiger partial charge in [-0.25, -0.2) is 0 Å². The van der Waals surface area contributed by atoms with Gasteiger partial charge in [-0.15, -0.1) is 11.3 Å². The van der Waals surface area contributed by atoms with Crippen molar-refractivity contribution in [2.75, 3.05) is 20.6 Å². The van der Waals surface area contributed by atoms with Gasteiger partial charge in [0.05, 0.1) is 6.10 Å². The van der Waals surface area contributed by atoms with Gasteiger partial charge in [-0.2, -0.15) is 0 Å². The molecule has 0 aliphatic heterocycles. The fraction of sp³-hybridized carbons (Fsp3) is 0.385. The number of hydrogen-bond donors (Lipinski definition) is 1. The fourth-order valence-corrected chi connectivity index (χ4v) is 3.16. The first-order valence-electron chi connectivity index (χ1n) is 5.40. The summed E-state index contributed by atoms with van der Waals surface area (Å²) in [4.78, 5) is 3.23. The summed E-state index contributed by atoms with van der Waals surface area (Å²) in [5.74, 6) is 0. The number of nitrogens with zero attached hydrogens (tertiary/aromatic N) is 1. The van der Waals surface area contributed by atoms with E-state index in [-0.39, 0.29) is 0 Å². The minimum atomic E-state index is -0.397. The van der Waals surface area contributed by atoms with Crippen LogP contribution in [0.2, 0.25) is 0 Å². The van der Waals surface area contributed by atoms with Gasteiger partial charge in [-0.1, -0.05) is 18.2 Å². The van der Waals surface area contributed by atoms with Crippen molar-refractivity contribution in [3.8, 4) is 0 Å². The Morgan fingerprint density at radius 1 is 1.31 bits per heavy atom. The Hall–Kier alpha value is -0.900. The summed E-state index contributed by atoms with van der Waals surface area (Å²) in [5, 5.41) is 11.4. The fourth-order valence-electron chi connectivity index (χ4n) is 2.04. The van der Waals surface area contributed by atoms with Crippen molar-refractivity contribution in [2.24, 2.45) is 0 Å². The highest BCUT2D eigenvalue weighted by molar-refractivity contribution is 7.19. The molecule has 0 saturated carbocycles. The lowest BCUT2D eigenvalue weighted by molar-refractivity contribution is 0.139. The molecule has 1 heterocycles. The van der Waals surface area contributed by atoms with Crippen LogP contribution in [0.4, 0.5) is 0 Å². The first kappa shape index (κ1) is 11.6. The van der Waals surface area contributed by atoms with Gasteiger partial charge >= 0.3 is 0 Å². The largest absolute Gasteiger partial charge is 0.387 e. The molecule has 2 rings (SSSR count). The average molecular weight is 235 g/mol. The zero-order valence-corrected chi connectivity index (χ0v) is 10.7. The molecule has 1 N–H and O–H groups in total. The Morgan fingerprint density at radius 2 is 2.00 bits per heavy atom. The standard InChI is InChI=1S/C13H17NOS/c1-9-13(11(15)8-14(2)3)10-6-4-5-7-12(10)16-9/h4-7,11,15H,8H2,1-3H3. The molecule has 0 spiro atoms. The number of aliphatic hydroxyl groups is 1. The van der Waals surface area contributed by atoms with Crippen LogP contribution in [0.25, 0.3) is 10.1 Å². The summed E-state index contributed by atoms with van der Waals surface area (Å²) in [7, 11) is 3.96. The molecule has 1 aromatic heterocycles. The Labute approximate surface area is 100 Å². The van der Waals surface area contributed by atoms with E-state index in [1.54, 1.807) is 11.3 Å². The highest BCUT2D eigenvalue weighted by atomic mass is 32.1. The second-order valence-corrected chi connectivity index (χ2v) is 5.60. The number of likely N-dealkylation sites (N-methyl/N-ethyl adjacent to an activating group) is 1. The van der Waals surface area contributed by atoms with Gasteiger partial charge in [0.1, 0.15) is 0 Å². The van der Waals surface area contributed by atoms with Crippen molar-refractivity contribution in [3.05, 3.63) is 34.7 Å². The number of thiophene rings is 1. The molecule has 0 aliphatic rings. The molecule has 3 heteroatoms. The summed E-state index contributed by atoms with van der Waals surface area (Å²) < 4.78 is 1.26. The monoisotopic (exact) mass is 235 g/mol. The van der Waals surface area contributed by atoms with E-state index in [0.29, 0.717) is 6.54 Å². The lowest BCUT2D eigenvalue weighted by atomic mass is 10.1. The lowest BCUT2D eigenvalue weighted by Crippen LogP contribution is -2.20. The molecule has 2 nitrogen and oxygen atoms in total. The van der Waals surface area contributed by atoms with Crippen LogP contribution in [-0.2, 0) is 0 Å². The van der Waals surface area contributed by atoms with E-state index >= 15 is 0 Å². The van der Waals surface area contributed by atoms with Gasteiger partial charge in [0, 0.05) is 21.7 Å². The molecule has 0 radical (unpaired) electrons. The van der Waals surface area contributed by atoms with Crippen LogP contribution in [0, 0.1) is 6.92 Å². The first-order chi connectivity index (χ1) is 7.59. The number of rotatable bonds is 3. The van der Waals surface area contributed by atoms with Gasteiger partial charge < -0.3 is 10.0 Å². The van der Waals surface area contributed by atoms with E-state index in [2.05, 4.69) is 19.1 Å². The molecule has 0 saturated heterocycles. The number of aryl methyl sites for hydroxylation is 1. The van der Waals surface area contributed by atoms with Gasteiger partial charge in [0.2, 0.25) is 0 Å². The van der Waals surface area contributed by atoms with Crippen LogP contribution >= 0.6 is 11.3 Å². The normalized spacial score (nSPS) is 13.6. The van der Waals surface area contributed by atoms with Crippen LogP contribution in [0.3, 0.4) is 0 Å². The molecule has 2 aromatic rings. The number of aliphatic hydroxyl groups excluding tert-OH is 1. The number of fused-ring (bicyclic) bond motifs is 1. The van der Waals surface area contributed by atoms with Crippen LogP contribution < -0.4 is 0 Å². The van der Waals surface area contributed by atoms with E-state index in [4.69, 9.17) is 0 Å². The van der Waals surface area contributed by atoms with Gasteiger partial charge in [-0.05, 0) is 32.5 Å². The van der Waals surface area contributed by atoms with Crippen LogP contribution in [0.15, 0.2) is 24.3 Å². The Bertz CT molecular complexity index is 490. The molecule has 0 fully saturated rings. The Balaban J connectivity index is 2.46. The smallest absolute Gasteiger partial charge is 0.0933 e. The molecule has 86 valence electrons. The summed E-state index contributed by atoms with van der Waals surface area (Å²) in [5.41, 5.74) is 1.09. The van der Waals surface area contributed by atoms with E-state index in [1.807, 2.05) is 31.1 Å². The summed E-state index contributed by atoms with van der Waals surface area (Å²) in [6.07, 6.45) is -0.397. The molecule has 0 aliphatic carbocycles. The van der Waals surface area contributed by atoms with E-state index in [9.17, 15) is 5.11 Å². The summed E-state index contributed by atoms with van der Waals surface area (Å²) in [6, 6.07) is 8.27. The second kappa shape index (κ2) is 4.53. The molecule has 1 atom stereocenters. The lowest BCUT2D eigenvalue weighted by Gasteiger charge is -2.16. The van der Waals surface area contributed by atoms with E-state index in [1.165, 1.54) is 15.0 Å². The zero-order valence-electron chi connectivity index (χ0n) is 9.90. The van der Waals surface area contributed by atoms with Crippen LogP contribution in [-0.4, -0.2) is 30.6 Å². The molecule has 0 bridgehead atoms. The molecular weight excluding hydrogens is 218 g/mol. The third kappa shape index (κ3) is 2.12. The van der Waals surface area contributed by atoms with Crippen molar-refractivity contribution in [2.45, 2.75) is 13.0 Å². The predicted molar refractivity (Wildman–Crippen MR) is 70.1 cm³/mol. The second-order valence-electron chi connectivity index (χ2n) is 4.35. The molecular formula is C13H17NOS. The van der Waals surface area contributed by atoms with Gasteiger partial charge in [0.15, 0.2) is 0 Å². The van der Waals surface area contributed by atoms with E-state index < -0.39 is 6.10 Å². The molecule has 0 amide bonds. The Kier molecular flexibility index (Phi) is 3.28. The summed E-state index contributed by atoms with van der Waals surface area (Å²) >= 11 is 1.76. The van der Waals surface area contributed by atoms with Crippen LogP contribution in [0.5, 0.6) is 0 Å². The van der Waals surface area contributed by atoms with Crippen molar-refractivity contribution in [3.63, 3.8) is 0 Å². The van der Waals surface area contributed by atoms with Crippen molar-refractivity contribution < 1.29 is 5.11 Å². The molecule has 1 unspecified atom stereocenters. The SMILES string of the molecule is Cc1sc2ccccc2c1C(O)CN(C)C. The summed E-state index contributed by atoms with van der Waals surface area (Å²) in [6.45, 7) is 2.75. The van der Waals surface area contributed by atoms with Gasteiger partial charge in [-0.3, -0.25) is 0 Å². The van der Waals surface area contributed by atoms with Crippen molar-refractivity contribution >= 4 is 21.4 Å². The number of hydrogen-bond acceptors (Lipinski definition) is 3. The maximum Gasteiger partial charge on any atom is 0.0933 e. The quantitative estimate of drug-likeness (QED) is 0.884. The number of benzene rings is 1. The first-order valence-corrected chi connectivity index (χ1v) is 6.22. The topological polar surface area (TPSA) is 23.5 Å². The average Bonchev–Trinajstić information content (AvgIpc) is 2.52. The third-order valence-corrected chi connectivity index (χ3v) is 3.79. The van der Waals surface area contributed by atoms with Crippen molar-refractivity contribution in [1.29, 1.82) is 0 Å². The maximum atomic E-state index is 10.2. The molecule has 1 aromatic carbocycles. The van der Waals surface area contributed by atoms with E-state index in [0.717, 1.165) is 5.56 Å². The van der Waals surface area contributed by atoms with Gasteiger partial charge in [0.25, 0.3) is 0 Å². The zero-order chi connectivity index (χ0) is 11.7. The van der Waals surface area contributed by atoms with Crippen LogP contribution in [0.1, 0.15) is 16.5 Å². The molecule has 16 heavy (non-hydrogen) atoms.